The molecule has 0 amide bonds. The SMILES string of the molecule is CCC(CC)n1c(=O)c(C#N)cc2cnc(NC3CCN(SC)CC3)nc21.O.O.[HH]. The van der Waals surface area contributed by atoms with Crippen molar-refractivity contribution in [3.63, 3.8) is 0 Å². The fourth-order valence-electron chi connectivity index (χ4n) is 3.63. The van der Waals surface area contributed by atoms with E-state index in [4.69, 9.17) is 0 Å². The Morgan fingerprint density at radius 3 is 2.55 bits per heavy atom. The summed E-state index contributed by atoms with van der Waals surface area (Å²) in [5.41, 5.74) is 0.478. The lowest BCUT2D eigenvalue weighted by Crippen LogP contribution is -2.36. The highest BCUT2D eigenvalue weighted by molar-refractivity contribution is 7.96. The van der Waals surface area contributed by atoms with Gasteiger partial charge in [-0.25, -0.2) is 4.98 Å². The van der Waals surface area contributed by atoms with Gasteiger partial charge in [0.2, 0.25) is 5.95 Å². The van der Waals surface area contributed by atoms with Crippen molar-refractivity contribution in [2.24, 2.45) is 0 Å². The summed E-state index contributed by atoms with van der Waals surface area (Å²) in [6, 6.07) is 3.95. The fourth-order valence-corrected chi connectivity index (χ4v) is 4.20. The van der Waals surface area contributed by atoms with Crippen LogP contribution in [0.4, 0.5) is 5.95 Å². The van der Waals surface area contributed by atoms with Gasteiger partial charge in [-0.2, -0.15) is 10.2 Å². The zero-order chi connectivity index (χ0) is 19.4. The lowest BCUT2D eigenvalue weighted by molar-refractivity contribution is 0.358. The number of piperidine rings is 1. The van der Waals surface area contributed by atoms with Gasteiger partial charge in [0.1, 0.15) is 17.3 Å². The second kappa shape index (κ2) is 11.1. The number of anilines is 1. The summed E-state index contributed by atoms with van der Waals surface area (Å²) in [4.78, 5) is 21.9. The molecule has 162 valence electrons. The maximum atomic E-state index is 12.8. The first-order chi connectivity index (χ1) is 13.1. The Labute approximate surface area is 176 Å². The molecule has 0 aromatic carbocycles. The number of aromatic nitrogens is 3. The summed E-state index contributed by atoms with van der Waals surface area (Å²) < 4.78 is 4.03. The van der Waals surface area contributed by atoms with Gasteiger partial charge in [-0.3, -0.25) is 13.7 Å². The Morgan fingerprint density at radius 2 is 2.00 bits per heavy atom. The second-order valence-electron chi connectivity index (χ2n) is 6.82. The minimum Gasteiger partial charge on any atom is -0.412 e. The molecule has 5 N–H and O–H groups in total. The third-order valence-corrected chi connectivity index (χ3v) is 6.13. The topological polar surface area (TPSA) is 150 Å². The maximum absolute atomic E-state index is 12.8. The van der Waals surface area contributed by atoms with E-state index in [-0.39, 0.29) is 29.5 Å². The molecule has 29 heavy (non-hydrogen) atoms. The fraction of sp³-hybridized carbons (Fsp3) is 0.579. The summed E-state index contributed by atoms with van der Waals surface area (Å²) in [7, 11) is 0. The molecule has 3 rings (SSSR count). The summed E-state index contributed by atoms with van der Waals surface area (Å²) in [5.74, 6) is 0.550. The molecule has 9 nitrogen and oxygen atoms in total. The normalized spacial score (nSPS) is 14.9. The van der Waals surface area contributed by atoms with Gasteiger partial charge < -0.3 is 16.3 Å². The van der Waals surface area contributed by atoms with Gasteiger partial charge in [0, 0.05) is 38.2 Å². The number of nitriles is 1. The van der Waals surface area contributed by atoms with E-state index in [1.54, 1.807) is 28.8 Å². The van der Waals surface area contributed by atoms with Crippen molar-refractivity contribution in [3.8, 4) is 6.07 Å². The van der Waals surface area contributed by atoms with Crippen LogP contribution in [0.3, 0.4) is 0 Å². The molecule has 1 aliphatic rings. The molecule has 2 aromatic heterocycles. The molecule has 0 bridgehead atoms. The van der Waals surface area contributed by atoms with E-state index in [1.807, 2.05) is 19.9 Å². The third-order valence-electron chi connectivity index (χ3n) is 5.25. The maximum Gasteiger partial charge on any atom is 0.270 e. The van der Waals surface area contributed by atoms with Crippen LogP contribution >= 0.6 is 11.9 Å². The zero-order valence-corrected chi connectivity index (χ0v) is 17.9. The Hall–Kier alpha value is -2.19. The summed E-state index contributed by atoms with van der Waals surface area (Å²) in [6.45, 7) is 6.17. The molecule has 0 aliphatic carbocycles. The van der Waals surface area contributed by atoms with E-state index < -0.39 is 0 Å². The predicted octanol–water partition coefficient (Wildman–Crippen LogP) is 1.78. The molecule has 0 radical (unpaired) electrons. The van der Waals surface area contributed by atoms with Crippen LogP contribution in [0.2, 0.25) is 0 Å². The van der Waals surface area contributed by atoms with Crippen molar-refractivity contribution in [2.45, 2.75) is 51.6 Å². The van der Waals surface area contributed by atoms with Crippen LogP contribution in [0.5, 0.6) is 0 Å². The van der Waals surface area contributed by atoms with Crippen molar-refractivity contribution in [3.05, 3.63) is 28.2 Å². The minimum absolute atomic E-state index is 0. The zero-order valence-electron chi connectivity index (χ0n) is 17.1. The summed E-state index contributed by atoms with van der Waals surface area (Å²) >= 11 is 1.78. The molecule has 1 fully saturated rings. The summed E-state index contributed by atoms with van der Waals surface area (Å²) in [6.07, 6.45) is 7.50. The quantitative estimate of drug-likeness (QED) is 0.694. The van der Waals surface area contributed by atoms with Gasteiger partial charge in [0.15, 0.2) is 0 Å². The molecule has 1 aliphatic heterocycles. The highest BCUT2D eigenvalue weighted by Gasteiger charge is 2.21. The van der Waals surface area contributed by atoms with Crippen LogP contribution in [0, 0.1) is 11.3 Å². The minimum atomic E-state index is -0.267. The monoisotopic (exact) mass is 424 g/mol. The highest BCUT2D eigenvalue weighted by Crippen LogP contribution is 2.22. The van der Waals surface area contributed by atoms with E-state index in [2.05, 4.69) is 25.8 Å². The predicted molar refractivity (Wildman–Crippen MR) is 119 cm³/mol. The van der Waals surface area contributed by atoms with Gasteiger partial charge in [-0.1, -0.05) is 25.8 Å². The number of pyridine rings is 1. The van der Waals surface area contributed by atoms with Crippen LogP contribution < -0.4 is 10.9 Å². The molecule has 3 heterocycles. The Bertz CT molecular complexity index is 908. The molecular formula is C19H32N6O3S. The lowest BCUT2D eigenvalue weighted by Gasteiger charge is -2.30. The van der Waals surface area contributed by atoms with Crippen LogP contribution in [-0.2, 0) is 0 Å². The first-order valence-corrected chi connectivity index (χ1v) is 10.7. The van der Waals surface area contributed by atoms with E-state index in [0.717, 1.165) is 44.2 Å². The van der Waals surface area contributed by atoms with Gasteiger partial charge >= 0.3 is 0 Å². The second-order valence-corrected chi connectivity index (χ2v) is 7.70. The van der Waals surface area contributed by atoms with Crippen LogP contribution in [0.15, 0.2) is 17.1 Å². The van der Waals surface area contributed by atoms with Crippen LogP contribution in [-0.4, -0.2) is 55.2 Å². The molecule has 1 saturated heterocycles. The molecule has 0 saturated carbocycles. The average Bonchev–Trinajstić information content (AvgIpc) is 2.70. The first kappa shape index (κ1) is 24.8. The number of rotatable bonds is 6. The van der Waals surface area contributed by atoms with Crippen LogP contribution in [0.25, 0.3) is 11.0 Å². The number of hydrogen-bond acceptors (Lipinski definition) is 7. The number of fused-ring (bicyclic) bond motifs is 1. The Morgan fingerprint density at radius 1 is 1.34 bits per heavy atom. The number of hydrogen-bond donors (Lipinski definition) is 1. The Kier molecular flexibility index (Phi) is 9.52. The van der Waals surface area contributed by atoms with Gasteiger partial charge in [-0.15, -0.1) is 0 Å². The summed E-state index contributed by atoms with van der Waals surface area (Å²) in [5, 5.41) is 13.5. The van der Waals surface area contributed by atoms with E-state index in [1.165, 1.54) is 0 Å². The molecular weight excluding hydrogens is 392 g/mol. The average molecular weight is 425 g/mol. The van der Waals surface area contributed by atoms with E-state index in [0.29, 0.717) is 17.6 Å². The van der Waals surface area contributed by atoms with Crippen LogP contribution in [0.1, 0.15) is 52.6 Å². The molecule has 10 heteroatoms. The van der Waals surface area contributed by atoms with E-state index >= 15 is 0 Å². The number of nitrogens with one attached hydrogen (secondary N) is 1. The molecule has 2 aromatic rings. The first-order valence-electron chi connectivity index (χ1n) is 9.49. The van der Waals surface area contributed by atoms with Gasteiger partial charge in [-0.05, 0) is 38.0 Å². The molecule has 0 atom stereocenters. The Balaban J connectivity index is 0.00000280. The van der Waals surface area contributed by atoms with E-state index in [9.17, 15) is 10.1 Å². The van der Waals surface area contributed by atoms with Gasteiger partial charge in [0.05, 0.1) is 0 Å². The lowest BCUT2D eigenvalue weighted by atomic mass is 10.1. The largest absolute Gasteiger partial charge is 0.412 e. The molecule has 0 unspecified atom stereocenters. The number of nitrogens with zero attached hydrogens (tertiary/aromatic N) is 5. The molecule has 0 spiro atoms. The third kappa shape index (κ3) is 5.25. The van der Waals surface area contributed by atoms with Gasteiger partial charge in [0.25, 0.3) is 5.56 Å². The highest BCUT2D eigenvalue weighted by atomic mass is 32.2. The standard InChI is InChI=1S/C19H26N6OS.2H2O.H2/c1-4-16(5-2)25-17-14(10-13(11-20)18(25)26)12-21-19(23-17)22-15-6-8-24(27-3)9-7-15;;;/h10,12,15-16H,4-9H2,1-3H3,(H,21,22,23);2*1H2;1H. The van der Waals surface area contributed by atoms with Crippen molar-refractivity contribution in [2.75, 3.05) is 24.7 Å². The van der Waals surface area contributed by atoms with Crippen molar-refractivity contribution < 1.29 is 12.4 Å². The van der Waals surface area contributed by atoms with Crippen molar-refractivity contribution in [1.82, 2.24) is 18.8 Å². The van der Waals surface area contributed by atoms with Crippen molar-refractivity contribution in [1.29, 1.82) is 5.26 Å². The van der Waals surface area contributed by atoms with Crippen molar-refractivity contribution >= 4 is 28.9 Å². The smallest absolute Gasteiger partial charge is 0.270 e.